The number of rotatable bonds is 19. The number of methoxy groups -OCH3 is 1. The number of hydrogen-bond donors (Lipinski definition) is 2. The van der Waals surface area contributed by atoms with Gasteiger partial charge in [0.1, 0.15) is 5.82 Å². The van der Waals surface area contributed by atoms with Crippen LogP contribution in [0.4, 0.5) is 4.39 Å². The fraction of sp³-hybridized carbons (Fsp3) is 0.703. The van der Waals surface area contributed by atoms with E-state index in [2.05, 4.69) is 32.2 Å². The molecule has 0 radical (unpaired) electrons. The van der Waals surface area contributed by atoms with Gasteiger partial charge in [-0.1, -0.05) is 57.9 Å². The lowest BCUT2D eigenvalue weighted by Gasteiger charge is -2.38. The van der Waals surface area contributed by atoms with Crippen molar-refractivity contribution in [2.24, 2.45) is 23.7 Å². The zero-order valence-electron chi connectivity index (χ0n) is 27.2. The molecule has 0 aromatic heterocycles. The van der Waals surface area contributed by atoms with Gasteiger partial charge in [0.2, 0.25) is 0 Å². The molecular formula is C37H57FO6. The second-order valence-electron chi connectivity index (χ2n) is 13.3. The third-order valence-corrected chi connectivity index (χ3v) is 9.99. The van der Waals surface area contributed by atoms with Gasteiger partial charge in [-0.2, -0.15) is 0 Å². The summed E-state index contributed by atoms with van der Waals surface area (Å²) < 4.78 is 31.0. The van der Waals surface area contributed by atoms with Crippen molar-refractivity contribution in [2.75, 3.05) is 33.5 Å². The molecule has 44 heavy (non-hydrogen) atoms. The van der Waals surface area contributed by atoms with Crippen LogP contribution in [-0.2, 0) is 25.4 Å². The van der Waals surface area contributed by atoms with Crippen LogP contribution in [0.1, 0.15) is 107 Å². The maximum absolute atomic E-state index is 15.0. The maximum Gasteiger partial charge on any atom is 0.335 e. The Labute approximate surface area is 265 Å². The van der Waals surface area contributed by atoms with Crippen molar-refractivity contribution >= 4 is 5.97 Å². The summed E-state index contributed by atoms with van der Waals surface area (Å²) in [5, 5.41) is 19.4. The van der Waals surface area contributed by atoms with Crippen LogP contribution >= 0.6 is 0 Å². The van der Waals surface area contributed by atoms with Crippen molar-refractivity contribution < 1.29 is 33.6 Å². The molecule has 2 unspecified atom stereocenters. The zero-order chi connectivity index (χ0) is 31.9. The number of aliphatic hydroxyl groups is 2. The van der Waals surface area contributed by atoms with Gasteiger partial charge in [0.15, 0.2) is 6.29 Å². The van der Waals surface area contributed by atoms with Crippen molar-refractivity contribution in [3.05, 3.63) is 59.4 Å². The molecule has 0 heterocycles. The number of carbonyl (C=O) groups is 1. The number of hydrogen-bond acceptors (Lipinski definition) is 6. The summed E-state index contributed by atoms with van der Waals surface area (Å²) in [6.45, 7) is 9.65. The van der Waals surface area contributed by atoms with E-state index in [-0.39, 0.29) is 37.1 Å². The molecule has 0 spiro atoms. The molecule has 0 aliphatic heterocycles. The fourth-order valence-corrected chi connectivity index (χ4v) is 7.13. The van der Waals surface area contributed by atoms with E-state index in [4.69, 9.17) is 19.3 Å². The fourth-order valence-electron chi connectivity index (χ4n) is 7.13. The van der Waals surface area contributed by atoms with Gasteiger partial charge >= 0.3 is 5.97 Å². The van der Waals surface area contributed by atoms with E-state index in [0.717, 1.165) is 61.5 Å². The van der Waals surface area contributed by atoms with Crippen molar-refractivity contribution in [1.82, 2.24) is 0 Å². The first-order valence-corrected chi connectivity index (χ1v) is 17.0. The van der Waals surface area contributed by atoms with Crippen LogP contribution in [0, 0.1) is 29.5 Å². The highest BCUT2D eigenvalue weighted by Gasteiger charge is 2.32. The molecule has 7 heteroatoms. The summed E-state index contributed by atoms with van der Waals surface area (Å²) in [6, 6.07) is 5.99. The van der Waals surface area contributed by atoms with Gasteiger partial charge in [-0.3, -0.25) is 0 Å². The molecule has 2 atom stereocenters. The Hall–Kier alpha value is -2.06. The highest BCUT2D eigenvalue weighted by atomic mass is 19.1. The Morgan fingerprint density at radius 1 is 1.02 bits per heavy atom. The number of halogens is 1. The quantitative estimate of drug-likeness (QED) is 0.0546. The summed E-state index contributed by atoms with van der Waals surface area (Å²) >= 11 is 0. The van der Waals surface area contributed by atoms with Gasteiger partial charge < -0.3 is 24.4 Å². The Bertz CT molecular complexity index is 1020. The molecule has 2 aliphatic carbocycles. The predicted molar refractivity (Wildman–Crippen MR) is 173 cm³/mol. The SMILES string of the molecule is C=C(CO)C(=O)OCC(CCC1CCC(C2CCC(c3ccc(CCCCC)cc3F)CC2)CC1)COC(O)C(=C)COC. The highest BCUT2D eigenvalue weighted by Crippen LogP contribution is 2.45. The third-order valence-electron chi connectivity index (χ3n) is 9.99. The summed E-state index contributed by atoms with van der Waals surface area (Å²) in [5.74, 6) is 1.75. The normalized spacial score (nSPS) is 23.6. The number of esters is 1. The van der Waals surface area contributed by atoms with E-state index in [9.17, 15) is 14.3 Å². The number of unbranched alkanes of at least 4 members (excludes halogenated alkanes) is 2. The standard InChI is InChI=1S/C37H57FO6/c1-5-6-7-8-29-13-20-34(35(38)21-29)33-18-16-32(17-19-33)31-14-11-28(12-15-31)9-10-30(24-43-36(40)26(2)22-39)25-44-37(41)27(3)23-42-4/h13,20-21,28,30-33,37,39,41H,2-3,5-12,14-19,22-25H2,1,4H3. The van der Waals surface area contributed by atoms with Gasteiger partial charge in [0.05, 0.1) is 32.0 Å². The molecule has 1 aromatic rings. The first-order chi connectivity index (χ1) is 21.2. The number of ether oxygens (including phenoxy) is 3. The van der Waals surface area contributed by atoms with Crippen LogP contribution in [0.25, 0.3) is 0 Å². The number of aliphatic hydroxyl groups excluding tert-OH is 2. The van der Waals surface area contributed by atoms with Gasteiger partial charge in [-0.25, -0.2) is 9.18 Å². The molecule has 2 aliphatic rings. The lowest BCUT2D eigenvalue weighted by molar-refractivity contribution is -0.143. The predicted octanol–water partition coefficient (Wildman–Crippen LogP) is 7.66. The van der Waals surface area contributed by atoms with Crippen molar-refractivity contribution in [1.29, 1.82) is 0 Å². The minimum atomic E-state index is -1.14. The Morgan fingerprint density at radius 3 is 2.32 bits per heavy atom. The van der Waals surface area contributed by atoms with E-state index in [1.165, 1.54) is 58.5 Å². The molecule has 0 saturated heterocycles. The molecule has 2 N–H and O–H groups in total. The minimum Gasteiger partial charge on any atom is -0.462 e. The van der Waals surface area contributed by atoms with Crippen LogP contribution in [-0.4, -0.2) is 56.0 Å². The van der Waals surface area contributed by atoms with Gasteiger partial charge in [0.25, 0.3) is 0 Å². The van der Waals surface area contributed by atoms with Crippen LogP contribution in [0.2, 0.25) is 0 Å². The zero-order valence-corrected chi connectivity index (χ0v) is 27.2. The van der Waals surface area contributed by atoms with Gasteiger partial charge in [0, 0.05) is 18.6 Å². The van der Waals surface area contributed by atoms with E-state index in [0.29, 0.717) is 17.4 Å². The Kier molecular flexibility index (Phi) is 16.1. The number of aryl methyl sites for hydroxylation is 1. The minimum absolute atomic E-state index is 0.00539. The monoisotopic (exact) mass is 616 g/mol. The van der Waals surface area contributed by atoms with Crippen LogP contribution < -0.4 is 0 Å². The van der Waals surface area contributed by atoms with Crippen molar-refractivity contribution in [2.45, 2.75) is 109 Å². The first kappa shape index (κ1) is 36.4. The maximum atomic E-state index is 15.0. The van der Waals surface area contributed by atoms with E-state index < -0.39 is 18.9 Å². The molecule has 2 fully saturated rings. The average Bonchev–Trinajstić information content (AvgIpc) is 3.04. The Morgan fingerprint density at radius 2 is 1.70 bits per heavy atom. The molecule has 0 amide bonds. The summed E-state index contributed by atoms with van der Waals surface area (Å²) in [6.07, 6.45) is 14.6. The smallest absolute Gasteiger partial charge is 0.335 e. The second kappa shape index (κ2) is 19.5. The molecule has 0 bridgehead atoms. The highest BCUT2D eigenvalue weighted by molar-refractivity contribution is 5.87. The van der Waals surface area contributed by atoms with E-state index >= 15 is 0 Å². The molecule has 248 valence electrons. The first-order valence-electron chi connectivity index (χ1n) is 17.0. The topological polar surface area (TPSA) is 85.2 Å². The lowest BCUT2D eigenvalue weighted by atomic mass is 9.67. The molecule has 6 nitrogen and oxygen atoms in total. The number of carbonyl (C=O) groups excluding carboxylic acids is 1. The van der Waals surface area contributed by atoms with E-state index in [1.54, 1.807) is 6.07 Å². The molecule has 3 rings (SSSR count). The van der Waals surface area contributed by atoms with Crippen LogP contribution in [0.3, 0.4) is 0 Å². The third kappa shape index (κ3) is 11.7. The Balaban J connectivity index is 1.42. The molecular weight excluding hydrogens is 559 g/mol. The van der Waals surface area contributed by atoms with E-state index in [1.807, 2.05) is 0 Å². The summed E-state index contributed by atoms with van der Waals surface area (Å²) in [5.41, 5.74) is 2.51. The summed E-state index contributed by atoms with van der Waals surface area (Å²) in [4.78, 5) is 12.1. The molecule has 1 aromatic carbocycles. The largest absolute Gasteiger partial charge is 0.462 e. The summed E-state index contributed by atoms with van der Waals surface area (Å²) in [7, 11) is 1.53. The molecule has 2 saturated carbocycles. The van der Waals surface area contributed by atoms with Gasteiger partial charge in [-0.05, 0) is 105 Å². The van der Waals surface area contributed by atoms with Crippen molar-refractivity contribution in [3.63, 3.8) is 0 Å². The number of benzene rings is 1. The average molecular weight is 617 g/mol. The van der Waals surface area contributed by atoms with Crippen molar-refractivity contribution in [3.8, 4) is 0 Å². The second-order valence-corrected chi connectivity index (χ2v) is 13.3. The van der Waals surface area contributed by atoms with Crippen LogP contribution in [0.5, 0.6) is 0 Å². The van der Waals surface area contributed by atoms with Crippen LogP contribution in [0.15, 0.2) is 42.5 Å². The lowest BCUT2D eigenvalue weighted by Crippen LogP contribution is -2.27. The van der Waals surface area contributed by atoms with Gasteiger partial charge in [-0.15, -0.1) is 0 Å².